The Labute approximate surface area is 145 Å². The smallest absolute Gasteiger partial charge is 0.227 e. The van der Waals surface area contributed by atoms with Gasteiger partial charge >= 0.3 is 0 Å². The minimum atomic E-state index is -0.0787. The topological polar surface area (TPSA) is 40.6 Å². The molecule has 130 valence electrons. The molecule has 0 unspecified atom stereocenters. The van der Waals surface area contributed by atoms with Gasteiger partial charge in [-0.1, -0.05) is 43.3 Å². The second kappa shape index (κ2) is 9.26. The summed E-state index contributed by atoms with van der Waals surface area (Å²) in [6.07, 6.45) is 4.89. The van der Waals surface area contributed by atoms with Crippen molar-refractivity contribution in [2.45, 2.75) is 32.6 Å². The Hall–Kier alpha value is -2.10. The zero-order valence-corrected chi connectivity index (χ0v) is 14.6. The zero-order chi connectivity index (χ0) is 17.4. The maximum absolute atomic E-state index is 12.9. The zero-order valence-electron chi connectivity index (χ0n) is 14.6. The normalized spacial score (nSPS) is 17.4. The van der Waals surface area contributed by atoms with Crippen LogP contribution in [0.5, 0.6) is 0 Å². The third kappa shape index (κ3) is 4.95. The van der Waals surface area contributed by atoms with Crippen LogP contribution in [0.1, 0.15) is 31.7 Å². The van der Waals surface area contributed by atoms with Gasteiger partial charge in [-0.2, -0.15) is 0 Å². The summed E-state index contributed by atoms with van der Waals surface area (Å²) >= 11 is 0. The highest BCUT2D eigenvalue weighted by molar-refractivity contribution is 5.81. The molecule has 1 fully saturated rings. The first-order valence-corrected chi connectivity index (χ1v) is 8.87. The van der Waals surface area contributed by atoms with Gasteiger partial charge in [-0.05, 0) is 24.8 Å². The molecule has 24 heavy (non-hydrogen) atoms. The van der Waals surface area contributed by atoms with Crippen molar-refractivity contribution in [2.24, 2.45) is 5.92 Å². The Balaban J connectivity index is 1.97. The monoisotopic (exact) mass is 328 g/mol. The van der Waals surface area contributed by atoms with Gasteiger partial charge in [-0.25, -0.2) is 0 Å². The number of nitrogens with zero attached hydrogens (tertiary/aromatic N) is 2. The molecule has 1 aliphatic rings. The lowest BCUT2D eigenvalue weighted by Crippen LogP contribution is -2.47. The molecule has 1 atom stereocenters. The Bertz CT molecular complexity index is 556. The predicted molar refractivity (Wildman–Crippen MR) is 96.5 cm³/mol. The molecule has 0 saturated carbocycles. The van der Waals surface area contributed by atoms with Crippen LogP contribution in [-0.4, -0.2) is 47.8 Å². The van der Waals surface area contributed by atoms with Crippen LogP contribution < -0.4 is 0 Å². The average Bonchev–Trinajstić information content (AvgIpc) is 2.64. The Morgan fingerprint density at radius 3 is 2.75 bits per heavy atom. The minimum Gasteiger partial charge on any atom is -0.342 e. The third-order valence-electron chi connectivity index (χ3n) is 4.60. The van der Waals surface area contributed by atoms with Gasteiger partial charge in [-0.15, -0.1) is 6.58 Å². The van der Waals surface area contributed by atoms with Crippen molar-refractivity contribution in [3.63, 3.8) is 0 Å². The van der Waals surface area contributed by atoms with Crippen molar-refractivity contribution in [1.29, 1.82) is 0 Å². The van der Waals surface area contributed by atoms with Gasteiger partial charge in [0.2, 0.25) is 11.8 Å². The maximum Gasteiger partial charge on any atom is 0.227 e. The fraction of sp³-hybridized carbons (Fsp3) is 0.500. The van der Waals surface area contributed by atoms with E-state index in [1.165, 1.54) is 5.56 Å². The molecule has 1 heterocycles. The Morgan fingerprint density at radius 2 is 2.08 bits per heavy atom. The lowest BCUT2D eigenvalue weighted by Gasteiger charge is -2.34. The molecule has 0 N–H and O–H groups in total. The van der Waals surface area contributed by atoms with E-state index in [4.69, 9.17) is 0 Å². The number of hydrogen-bond donors (Lipinski definition) is 0. The highest BCUT2D eigenvalue weighted by Crippen LogP contribution is 2.20. The first kappa shape index (κ1) is 18.2. The van der Waals surface area contributed by atoms with Gasteiger partial charge in [0.25, 0.3) is 0 Å². The molecule has 4 heteroatoms. The van der Waals surface area contributed by atoms with Crippen molar-refractivity contribution in [3.8, 4) is 0 Å². The number of benzene rings is 1. The van der Waals surface area contributed by atoms with E-state index in [0.717, 1.165) is 25.8 Å². The largest absolute Gasteiger partial charge is 0.342 e. The molecule has 2 rings (SSSR count). The molecule has 1 aliphatic heterocycles. The second-order valence-corrected chi connectivity index (χ2v) is 6.34. The molecule has 0 aliphatic carbocycles. The van der Waals surface area contributed by atoms with Crippen molar-refractivity contribution >= 4 is 11.8 Å². The lowest BCUT2D eigenvalue weighted by atomic mass is 9.96. The fourth-order valence-corrected chi connectivity index (χ4v) is 3.24. The van der Waals surface area contributed by atoms with E-state index >= 15 is 0 Å². The number of rotatable bonds is 7. The number of amides is 2. The van der Waals surface area contributed by atoms with Crippen molar-refractivity contribution in [1.82, 2.24) is 9.80 Å². The Kier molecular flexibility index (Phi) is 7.04. The molecular formula is C20H28N2O2. The van der Waals surface area contributed by atoms with Crippen LogP contribution in [0.4, 0.5) is 0 Å². The van der Waals surface area contributed by atoms with Crippen LogP contribution in [-0.2, 0) is 16.0 Å². The van der Waals surface area contributed by atoms with E-state index in [-0.39, 0.29) is 17.7 Å². The van der Waals surface area contributed by atoms with Gasteiger partial charge in [0, 0.05) is 32.6 Å². The van der Waals surface area contributed by atoms with Crippen molar-refractivity contribution in [3.05, 3.63) is 48.6 Å². The van der Waals surface area contributed by atoms with E-state index in [1.54, 1.807) is 6.08 Å². The van der Waals surface area contributed by atoms with Gasteiger partial charge in [0.15, 0.2) is 0 Å². The predicted octanol–water partition coefficient (Wildman–Crippen LogP) is 2.89. The van der Waals surface area contributed by atoms with Crippen molar-refractivity contribution in [2.75, 3.05) is 26.2 Å². The summed E-state index contributed by atoms with van der Waals surface area (Å²) < 4.78 is 0. The summed E-state index contributed by atoms with van der Waals surface area (Å²) in [4.78, 5) is 28.6. The van der Waals surface area contributed by atoms with Gasteiger partial charge < -0.3 is 9.80 Å². The van der Waals surface area contributed by atoms with Crippen LogP contribution in [0.15, 0.2) is 43.0 Å². The summed E-state index contributed by atoms with van der Waals surface area (Å²) in [5.41, 5.74) is 1.23. The molecule has 4 nitrogen and oxygen atoms in total. The van der Waals surface area contributed by atoms with E-state index in [1.807, 2.05) is 34.9 Å². The van der Waals surface area contributed by atoms with Crippen LogP contribution in [0.2, 0.25) is 0 Å². The standard InChI is InChI=1S/C20H28N2O2/c1-3-13-21(15-12-17-9-6-5-7-10-17)20(24)18-11-8-14-22(16-18)19(23)4-2/h3,5-7,9-10,18H,1,4,8,11-16H2,2H3/t18-/m1/s1. The third-order valence-corrected chi connectivity index (χ3v) is 4.60. The van der Waals surface area contributed by atoms with Crippen LogP contribution >= 0.6 is 0 Å². The van der Waals surface area contributed by atoms with Crippen LogP contribution in [0.3, 0.4) is 0 Å². The summed E-state index contributed by atoms with van der Waals surface area (Å²) in [5, 5.41) is 0. The first-order valence-electron chi connectivity index (χ1n) is 8.87. The molecule has 1 saturated heterocycles. The van der Waals surface area contributed by atoms with Gasteiger partial charge in [0.1, 0.15) is 0 Å². The van der Waals surface area contributed by atoms with Gasteiger partial charge in [0.05, 0.1) is 5.92 Å². The minimum absolute atomic E-state index is 0.0787. The molecule has 0 aromatic heterocycles. The molecule has 1 aromatic carbocycles. The summed E-state index contributed by atoms with van der Waals surface area (Å²) in [6.45, 7) is 8.24. The van der Waals surface area contributed by atoms with E-state index in [2.05, 4.69) is 18.7 Å². The second-order valence-electron chi connectivity index (χ2n) is 6.34. The molecular weight excluding hydrogens is 300 g/mol. The number of likely N-dealkylation sites (tertiary alicyclic amines) is 1. The fourth-order valence-electron chi connectivity index (χ4n) is 3.24. The number of hydrogen-bond acceptors (Lipinski definition) is 2. The SMILES string of the molecule is C=CCN(CCc1ccccc1)C(=O)[C@@H]1CCCN(C(=O)CC)C1. The molecule has 0 radical (unpaired) electrons. The Morgan fingerprint density at radius 1 is 1.33 bits per heavy atom. The van der Waals surface area contributed by atoms with E-state index < -0.39 is 0 Å². The number of carbonyl (C=O) groups is 2. The van der Waals surface area contributed by atoms with Crippen LogP contribution in [0.25, 0.3) is 0 Å². The molecule has 2 amide bonds. The highest BCUT2D eigenvalue weighted by Gasteiger charge is 2.30. The lowest BCUT2D eigenvalue weighted by molar-refractivity contribution is -0.140. The highest BCUT2D eigenvalue weighted by atomic mass is 16.2. The van der Waals surface area contributed by atoms with Gasteiger partial charge in [-0.3, -0.25) is 9.59 Å². The van der Waals surface area contributed by atoms with E-state index in [9.17, 15) is 9.59 Å². The molecule has 0 bridgehead atoms. The first-order chi connectivity index (χ1) is 11.7. The van der Waals surface area contributed by atoms with Crippen molar-refractivity contribution < 1.29 is 9.59 Å². The molecule has 0 spiro atoms. The molecule has 1 aromatic rings. The summed E-state index contributed by atoms with van der Waals surface area (Å²) in [5.74, 6) is 0.219. The average molecular weight is 328 g/mol. The quantitative estimate of drug-likeness (QED) is 0.722. The number of piperidine rings is 1. The number of carbonyl (C=O) groups excluding carboxylic acids is 2. The van der Waals surface area contributed by atoms with E-state index in [0.29, 0.717) is 26.1 Å². The summed E-state index contributed by atoms with van der Waals surface area (Å²) in [7, 11) is 0. The maximum atomic E-state index is 12.9. The summed E-state index contributed by atoms with van der Waals surface area (Å²) in [6, 6.07) is 10.2. The van der Waals surface area contributed by atoms with Crippen LogP contribution in [0, 0.1) is 5.92 Å².